The van der Waals surface area contributed by atoms with E-state index in [9.17, 15) is 14.9 Å². The van der Waals surface area contributed by atoms with Crippen molar-refractivity contribution < 1.29 is 9.72 Å². The molecule has 90 valence electrons. The van der Waals surface area contributed by atoms with E-state index < -0.39 is 4.92 Å². The number of nitrogens with two attached hydrogens (primary N) is 1. The van der Waals surface area contributed by atoms with E-state index in [1.165, 1.54) is 24.4 Å². The molecule has 1 aromatic heterocycles. The second-order valence-electron chi connectivity index (χ2n) is 3.60. The molecular weight excluding hydrogens is 234 g/mol. The normalized spacial score (nSPS) is 10.0. The first kappa shape index (κ1) is 11.7. The Bertz CT molecular complexity index is 611. The SMILES string of the molecule is Nc1cc(C(=O)c2cccnc2)ccc1[N+](=O)[O-]. The van der Waals surface area contributed by atoms with Crippen LogP contribution in [0.1, 0.15) is 15.9 Å². The summed E-state index contributed by atoms with van der Waals surface area (Å²) in [6.45, 7) is 0. The second kappa shape index (κ2) is 4.62. The number of pyridine rings is 1. The van der Waals surface area contributed by atoms with Gasteiger partial charge in [-0.1, -0.05) is 0 Å². The van der Waals surface area contributed by atoms with Gasteiger partial charge in [0.05, 0.1) is 4.92 Å². The van der Waals surface area contributed by atoms with Gasteiger partial charge < -0.3 is 5.73 Å². The second-order valence-corrected chi connectivity index (χ2v) is 3.60. The highest BCUT2D eigenvalue weighted by Crippen LogP contribution is 2.23. The Labute approximate surface area is 102 Å². The van der Waals surface area contributed by atoms with Gasteiger partial charge in [0.2, 0.25) is 0 Å². The van der Waals surface area contributed by atoms with Crippen LogP contribution in [0.5, 0.6) is 0 Å². The quantitative estimate of drug-likeness (QED) is 0.383. The molecule has 6 heteroatoms. The number of anilines is 1. The highest BCUT2D eigenvalue weighted by atomic mass is 16.6. The van der Waals surface area contributed by atoms with Crippen LogP contribution in [0.3, 0.4) is 0 Å². The Morgan fingerprint density at radius 3 is 2.61 bits per heavy atom. The minimum atomic E-state index is -0.590. The molecule has 0 aliphatic carbocycles. The molecule has 0 unspecified atom stereocenters. The number of nitro benzene ring substituents is 1. The van der Waals surface area contributed by atoms with Crippen LogP contribution in [-0.2, 0) is 0 Å². The van der Waals surface area contributed by atoms with Gasteiger partial charge in [0.15, 0.2) is 5.78 Å². The van der Waals surface area contributed by atoms with Crippen molar-refractivity contribution in [2.45, 2.75) is 0 Å². The third-order valence-corrected chi connectivity index (χ3v) is 2.41. The molecule has 0 fully saturated rings. The largest absolute Gasteiger partial charge is 0.393 e. The van der Waals surface area contributed by atoms with Crippen molar-refractivity contribution in [1.29, 1.82) is 0 Å². The molecule has 0 saturated heterocycles. The highest BCUT2D eigenvalue weighted by Gasteiger charge is 2.15. The molecule has 0 aliphatic rings. The van der Waals surface area contributed by atoms with Crippen molar-refractivity contribution in [3.63, 3.8) is 0 Å². The molecule has 0 radical (unpaired) electrons. The molecule has 0 atom stereocenters. The maximum atomic E-state index is 12.0. The smallest absolute Gasteiger partial charge is 0.292 e. The number of rotatable bonds is 3. The van der Waals surface area contributed by atoms with E-state index in [0.717, 1.165) is 0 Å². The lowest BCUT2D eigenvalue weighted by Crippen LogP contribution is -2.04. The topological polar surface area (TPSA) is 99.1 Å². The van der Waals surface area contributed by atoms with Crippen LogP contribution in [0.4, 0.5) is 11.4 Å². The van der Waals surface area contributed by atoms with Gasteiger partial charge >= 0.3 is 0 Å². The molecule has 0 bridgehead atoms. The number of aromatic nitrogens is 1. The molecule has 2 rings (SSSR count). The van der Waals surface area contributed by atoms with E-state index in [2.05, 4.69) is 4.98 Å². The fourth-order valence-electron chi connectivity index (χ4n) is 1.53. The third kappa shape index (κ3) is 2.17. The average molecular weight is 243 g/mol. The zero-order valence-electron chi connectivity index (χ0n) is 9.24. The van der Waals surface area contributed by atoms with Gasteiger partial charge in [-0.3, -0.25) is 19.9 Å². The Hall–Kier alpha value is -2.76. The lowest BCUT2D eigenvalue weighted by atomic mass is 10.0. The number of ketones is 1. The maximum Gasteiger partial charge on any atom is 0.292 e. The fraction of sp³-hybridized carbons (Fsp3) is 0. The van der Waals surface area contributed by atoms with Crippen LogP contribution >= 0.6 is 0 Å². The molecule has 0 aliphatic heterocycles. The van der Waals surface area contributed by atoms with Gasteiger partial charge in [0.1, 0.15) is 5.69 Å². The number of hydrogen-bond acceptors (Lipinski definition) is 5. The van der Waals surface area contributed by atoms with Crippen LogP contribution in [0, 0.1) is 10.1 Å². The predicted molar refractivity (Wildman–Crippen MR) is 65.2 cm³/mol. The lowest BCUT2D eigenvalue weighted by Gasteiger charge is -2.02. The van der Waals surface area contributed by atoms with Crippen molar-refractivity contribution in [3.05, 3.63) is 64.0 Å². The van der Waals surface area contributed by atoms with E-state index in [4.69, 9.17) is 5.73 Å². The minimum Gasteiger partial charge on any atom is -0.393 e. The highest BCUT2D eigenvalue weighted by molar-refractivity contribution is 6.09. The zero-order chi connectivity index (χ0) is 13.1. The number of nitrogens with zero attached hydrogens (tertiary/aromatic N) is 2. The monoisotopic (exact) mass is 243 g/mol. The van der Waals surface area contributed by atoms with Crippen LogP contribution in [-0.4, -0.2) is 15.7 Å². The van der Waals surface area contributed by atoms with Crippen LogP contribution < -0.4 is 5.73 Å². The summed E-state index contributed by atoms with van der Waals surface area (Å²) < 4.78 is 0. The molecule has 1 heterocycles. The Balaban J connectivity index is 2.39. The first-order chi connectivity index (χ1) is 8.59. The van der Waals surface area contributed by atoms with E-state index in [0.29, 0.717) is 11.1 Å². The molecule has 0 amide bonds. The van der Waals surface area contributed by atoms with Gasteiger partial charge in [-0.25, -0.2) is 0 Å². The number of carbonyl (C=O) groups is 1. The zero-order valence-corrected chi connectivity index (χ0v) is 9.24. The number of nitro groups is 1. The summed E-state index contributed by atoms with van der Waals surface area (Å²) in [5.41, 5.74) is 5.99. The molecule has 2 N–H and O–H groups in total. The van der Waals surface area contributed by atoms with E-state index >= 15 is 0 Å². The summed E-state index contributed by atoms with van der Waals surface area (Å²) in [5.74, 6) is -0.273. The molecule has 0 spiro atoms. The molecule has 2 aromatic rings. The van der Waals surface area contributed by atoms with Crippen molar-refractivity contribution in [2.24, 2.45) is 0 Å². The van der Waals surface area contributed by atoms with Crippen LogP contribution in [0.25, 0.3) is 0 Å². The first-order valence-corrected chi connectivity index (χ1v) is 5.08. The molecule has 6 nitrogen and oxygen atoms in total. The predicted octanol–water partition coefficient (Wildman–Crippen LogP) is 1.80. The van der Waals surface area contributed by atoms with Crippen LogP contribution in [0.15, 0.2) is 42.7 Å². The minimum absolute atomic E-state index is 0.0326. The van der Waals surface area contributed by atoms with Gasteiger partial charge in [0.25, 0.3) is 5.69 Å². The Kier molecular flexibility index (Phi) is 3.01. The molecule has 0 saturated carbocycles. The summed E-state index contributed by atoms with van der Waals surface area (Å²) in [7, 11) is 0. The number of benzene rings is 1. The maximum absolute atomic E-state index is 12.0. The molecule has 18 heavy (non-hydrogen) atoms. The van der Waals surface area contributed by atoms with Gasteiger partial charge in [-0.2, -0.15) is 0 Å². The first-order valence-electron chi connectivity index (χ1n) is 5.08. The standard InChI is InChI=1S/C12H9N3O3/c13-10-6-8(3-4-11(10)15(17)18)12(16)9-2-1-5-14-7-9/h1-7H,13H2. The third-order valence-electron chi connectivity index (χ3n) is 2.41. The Morgan fingerprint density at radius 1 is 1.28 bits per heavy atom. The summed E-state index contributed by atoms with van der Waals surface area (Å²) in [6, 6.07) is 7.16. The van der Waals surface area contributed by atoms with E-state index in [1.807, 2.05) is 0 Å². The van der Waals surface area contributed by atoms with E-state index in [-0.39, 0.29) is 17.2 Å². The summed E-state index contributed by atoms with van der Waals surface area (Å²) in [6.07, 6.45) is 2.99. The average Bonchev–Trinajstić information content (AvgIpc) is 2.38. The molecule has 1 aromatic carbocycles. The van der Waals surface area contributed by atoms with Gasteiger partial charge in [-0.05, 0) is 24.3 Å². The fourth-order valence-corrected chi connectivity index (χ4v) is 1.53. The van der Waals surface area contributed by atoms with Crippen LogP contribution in [0.2, 0.25) is 0 Å². The van der Waals surface area contributed by atoms with Gasteiger partial charge in [0, 0.05) is 29.6 Å². The summed E-state index contributed by atoms with van der Waals surface area (Å²) >= 11 is 0. The van der Waals surface area contributed by atoms with Crippen molar-refractivity contribution in [1.82, 2.24) is 4.98 Å². The molecular formula is C12H9N3O3. The lowest BCUT2D eigenvalue weighted by molar-refractivity contribution is -0.383. The number of nitrogen functional groups attached to an aromatic ring is 1. The summed E-state index contributed by atoms with van der Waals surface area (Å²) in [5, 5.41) is 10.6. The number of hydrogen-bond donors (Lipinski definition) is 1. The number of carbonyl (C=O) groups excluding carboxylic acids is 1. The van der Waals surface area contributed by atoms with E-state index in [1.54, 1.807) is 18.3 Å². The summed E-state index contributed by atoms with van der Waals surface area (Å²) in [4.78, 5) is 25.9. The Morgan fingerprint density at radius 2 is 2.06 bits per heavy atom. The van der Waals surface area contributed by atoms with Crippen molar-refractivity contribution in [3.8, 4) is 0 Å². The van der Waals surface area contributed by atoms with Crippen molar-refractivity contribution >= 4 is 17.2 Å². The van der Waals surface area contributed by atoms with Gasteiger partial charge in [-0.15, -0.1) is 0 Å². The van der Waals surface area contributed by atoms with Crippen molar-refractivity contribution in [2.75, 3.05) is 5.73 Å².